The molecule has 2 heterocycles. The van der Waals surface area contributed by atoms with Crippen molar-refractivity contribution in [2.45, 2.75) is 6.10 Å². The Morgan fingerprint density at radius 3 is 3.12 bits per heavy atom. The van der Waals surface area contributed by atoms with E-state index in [1.165, 1.54) is 4.90 Å². The molecule has 1 fully saturated rings. The third-order valence-corrected chi connectivity index (χ3v) is 2.86. The number of morpholine rings is 1. The zero-order chi connectivity index (χ0) is 11.5. The molecule has 1 aromatic rings. The van der Waals surface area contributed by atoms with E-state index in [-0.39, 0.29) is 22.6 Å². The Balaban J connectivity index is 2.08. The number of aromatic nitrogens is 2. The lowest BCUT2D eigenvalue weighted by atomic mass is 10.3. The van der Waals surface area contributed by atoms with Crippen LogP contribution in [-0.4, -0.2) is 46.8 Å². The molecule has 0 saturated carbocycles. The molecule has 1 amide bonds. The molecule has 1 aliphatic heterocycles. The maximum Gasteiger partial charge on any atom is 0.285 e. The lowest BCUT2D eigenvalue weighted by Gasteiger charge is -2.28. The van der Waals surface area contributed by atoms with E-state index in [0.29, 0.717) is 13.2 Å². The highest BCUT2D eigenvalue weighted by molar-refractivity contribution is 7.16. The molecule has 2 N–H and O–H groups in total. The van der Waals surface area contributed by atoms with E-state index in [1.54, 1.807) is 0 Å². The Hall–Kier alpha value is -1.72. The first kappa shape index (κ1) is 10.8. The molecular weight excluding hydrogens is 230 g/mol. The number of hydrogen-bond donors (Lipinski definition) is 1. The minimum atomic E-state index is -0.567. The molecule has 1 aliphatic rings. The Labute approximate surface area is 95.4 Å². The Morgan fingerprint density at radius 1 is 1.69 bits per heavy atom. The summed E-state index contributed by atoms with van der Waals surface area (Å²) in [7, 11) is 0. The van der Waals surface area contributed by atoms with Gasteiger partial charge in [-0.25, -0.2) is 0 Å². The van der Waals surface area contributed by atoms with E-state index < -0.39 is 6.10 Å². The number of carbonyl (C=O) groups is 1. The summed E-state index contributed by atoms with van der Waals surface area (Å²) in [5.41, 5.74) is 5.40. The van der Waals surface area contributed by atoms with Crippen molar-refractivity contribution in [1.29, 1.82) is 5.26 Å². The van der Waals surface area contributed by atoms with Gasteiger partial charge in [-0.2, -0.15) is 5.26 Å². The maximum atomic E-state index is 11.9. The summed E-state index contributed by atoms with van der Waals surface area (Å²) in [6.45, 7) is 1.07. The number of rotatable bonds is 1. The summed E-state index contributed by atoms with van der Waals surface area (Å²) in [6, 6.07) is 1.97. The van der Waals surface area contributed by atoms with Gasteiger partial charge in [-0.05, 0) is 0 Å². The van der Waals surface area contributed by atoms with Crippen LogP contribution in [-0.2, 0) is 4.74 Å². The fourth-order valence-electron chi connectivity index (χ4n) is 1.37. The average molecular weight is 239 g/mol. The SMILES string of the molecule is N#CC1CN(C(=O)c2nnc(N)s2)CCO1. The minimum Gasteiger partial charge on any atom is -0.374 e. The summed E-state index contributed by atoms with van der Waals surface area (Å²) in [5.74, 6) is -0.252. The number of nitrogens with zero attached hydrogens (tertiary/aromatic N) is 4. The third-order valence-electron chi connectivity index (χ3n) is 2.12. The number of nitriles is 1. The van der Waals surface area contributed by atoms with Gasteiger partial charge in [-0.1, -0.05) is 11.3 Å². The highest BCUT2D eigenvalue weighted by Crippen LogP contribution is 2.15. The van der Waals surface area contributed by atoms with Crippen molar-refractivity contribution >= 4 is 22.4 Å². The molecule has 0 radical (unpaired) electrons. The molecule has 84 valence electrons. The second kappa shape index (κ2) is 4.42. The first-order valence-electron chi connectivity index (χ1n) is 4.60. The number of amides is 1. The quantitative estimate of drug-likeness (QED) is 0.707. The standard InChI is InChI=1S/C8H9N5O2S/c9-3-5-4-13(1-2-15-5)7(14)6-11-12-8(10)16-6/h5H,1-2,4H2,(H2,10,12). The fourth-order valence-corrected chi connectivity index (χ4v) is 1.95. The van der Waals surface area contributed by atoms with E-state index in [9.17, 15) is 4.79 Å². The molecule has 1 unspecified atom stereocenters. The van der Waals surface area contributed by atoms with E-state index >= 15 is 0 Å². The maximum absolute atomic E-state index is 11.9. The average Bonchev–Trinajstić information content (AvgIpc) is 2.75. The predicted molar refractivity (Wildman–Crippen MR) is 55.6 cm³/mol. The van der Waals surface area contributed by atoms with Gasteiger partial charge in [-0.3, -0.25) is 4.79 Å². The van der Waals surface area contributed by atoms with Crippen molar-refractivity contribution in [2.75, 3.05) is 25.4 Å². The van der Waals surface area contributed by atoms with Gasteiger partial charge in [-0.15, -0.1) is 10.2 Å². The number of anilines is 1. The van der Waals surface area contributed by atoms with Crippen molar-refractivity contribution in [3.63, 3.8) is 0 Å². The van der Waals surface area contributed by atoms with Crippen LogP contribution in [0.4, 0.5) is 5.13 Å². The number of carbonyl (C=O) groups excluding carboxylic acids is 1. The topological polar surface area (TPSA) is 105 Å². The Morgan fingerprint density at radius 2 is 2.50 bits per heavy atom. The van der Waals surface area contributed by atoms with Crippen LogP contribution in [0.5, 0.6) is 0 Å². The molecule has 7 nitrogen and oxygen atoms in total. The van der Waals surface area contributed by atoms with Crippen molar-refractivity contribution in [1.82, 2.24) is 15.1 Å². The third kappa shape index (κ3) is 2.10. The molecule has 0 bridgehead atoms. The van der Waals surface area contributed by atoms with Crippen LogP contribution in [0.3, 0.4) is 0 Å². The molecule has 0 spiro atoms. The minimum absolute atomic E-state index is 0.246. The second-order valence-corrected chi connectivity index (χ2v) is 4.19. The summed E-state index contributed by atoms with van der Waals surface area (Å²) in [6.07, 6.45) is -0.567. The highest BCUT2D eigenvalue weighted by Gasteiger charge is 2.26. The van der Waals surface area contributed by atoms with Crippen LogP contribution in [0.1, 0.15) is 9.80 Å². The van der Waals surface area contributed by atoms with Gasteiger partial charge in [0.05, 0.1) is 19.2 Å². The smallest absolute Gasteiger partial charge is 0.285 e. The molecule has 1 aromatic heterocycles. The summed E-state index contributed by atoms with van der Waals surface area (Å²) in [4.78, 5) is 13.4. The normalized spacial score (nSPS) is 20.4. The second-order valence-electron chi connectivity index (χ2n) is 3.19. The van der Waals surface area contributed by atoms with Crippen LogP contribution in [0.15, 0.2) is 0 Å². The van der Waals surface area contributed by atoms with Gasteiger partial charge in [0.1, 0.15) is 0 Å². The summed E-state index contributed by atoms with van der Waals surface area (Å²) >= 11 is 1.04. The van der Waals surface area contributed by atoms with Gasteiger partial charge in [0.15, 0.2) is 6.10 Å². The van der Waals surface area contributed by atoms with E-state index in [4.69, 9.17) is 15.7 Å². The van der Waals surface area contributed by atoms with Crippen LogP contribution < -0.4 is 5.73 Å². The molecule has 16 heavy (non-hydrogen) atoms. The molecule has 2 rings (SSSR count). The monoisotopic (exact) mass is 239 g/mol. The number of ether oxygens (including phenoxy) is 1. The lowest BCUT2D eigenvalue weighted by molar-refractivity contribution is 0.00342. The van der Waals surface area contributed by atoms with Crippen molar-refractivity contribution < 1.29 is 9.53 Å². The Bertz CT molecular complexity index is 440. The molecule has 8 heteroatoms. The van der Waals surface area contributed by atoms with Crippen LogP contribution in [0.2, 0.25) is 0 Å². The van der Waals surface area contributed by atoms with Gasteiger partial charge < -0.3 is 15.4 Å². The number of nitrogens with two attached hydrogens (primary N) is 1. The largest absolute Gasteiger partial charge is 0.374 e. The van der Waals surface area contributed by atoms with Crippen molar-refractivity contribution in [3.05, 3.63) is 5.01 Å². The highest BCUT2D eigenvalue weighted by atomic mass is 32.1. The molecule has 0 aliphatic carbocycles. The zero-order valence-corrected chi connectivity index (χ0v) is 9.11. The first-order chi connectivity index (χ1) is 7.70. The Kier molecular flexibility index (Phi) is 2.98. The number of hydrogen-bond acceptors (Lipinski definition) is 7. The van der Waals surface area contributed by atoms with Crippen LogP contribution in [0.25, 0.3) is 0 Å². The fraction of sp³-hybridized carbons (Fsp3) is 0.500. The van der Waals surface area contributed by atoms with E-state index in [2.05, 4.69) is 10.2 Å². The molecular formula is C8H9N5O2S. The van der Waals surface area contributed by atoms with Gasteiger partial charge in [0.25, 0.3) is 5.91 Å². The molecule has 1 saturated heterocycles. The van der Waals surface area contributed by atoms with Gasteiger partial charge >= 0.3 is 0 Å². The van der Waals surface area contributed by atoms with E-state index in [1.807, 2.05) is 6.07 Å². The predicted octanol–water partition coefficient (Wildman–Crippen LogP) is -0.515. The van der Waals surface area contributed by atoms with Crippen LogP contribution in [0, 0.1) is 11.3 Å². The van der Waals surface area contributed by atoms with Gasteiger partial charge in [0, 0.05) is 6.54 Å². The van der Waals surface area contributed by atoms with Gasteiger partial charge in [0.2, 0.25) is 10.1 Å². The first-order valence-corrected chi connectivity index (χ1v) is 5.42. The van der Waals surface area contributed by atoms with Crippen molar-refractivity contribution in [2.24, 2.45) is 0 Å². The molecule has 1 atom stereocenters. The van der Waals surface area contributed by atoms with Crippen molar-refractivity contribution in [3.8, 4) is 6.07 Å². The zero-order valence-electron chi connectivity index (χ0n) is 8.29. The van der Waals surface area contributed by atoms with Crippen LogP contribution >= 0.6 is 11.3 Å². The lowest BCUT2D eigenvalue weighted by Crippen LogP contribution is -2.45. The number of nitrogen functional groups attached to an aromatic ring is 1. The summed E-state index contributed by atoms with van der Waals surface area (Å²) < 4.78 is 5.14. The summed E-state index contributed by atoms with van der Waals surface area (Å²) in [5, 5.41) is 16.5. The molecule has 0 aromatic carbocycles. The van der Waals surface area contributed by atoms with E-state index in [0.717, 1.165) is 11.3 Å².